The van der Waals surface area contributed by atoms with Crippen molar-refractivity contribution in [2.75, 3.05) is 32.6 Å². The number of amides is 2. The maximum atomic E-state index is 13.0. The number of nitrogens with zero attached hydrogens (tertiary/aromatic N) is 3. The second kappa shape index (κ2) is 9.51. The Balaban J connectivity index is 1.43. The lowest BCUT2D eigenvalue weighted by Gasteiger charge is -2.31. The molecule has 1 atom stereocenters. The summed E-state index contributed by atoms with van der Waals surface area (Å²) in [6.07, 6.45) is 4.83. The molecule has 9 heteroatoms. The van der Waals surface area contributed by atoms with Crippen molar-refractivity contribution in [3.63, 3.8) is 0 Å². The Kier molecular flexibility index (Phi) is 6.34. The second-order valence-corrected chi connectivity index (χ2v) is 7.55. The third-order valence-corrected chi connectivity index (χ3v) is 5.51. The monoisotopic (exact) mass is 435 g/mol. The zero-order chi connectivity index (χ0) is 22.5. The predicted octanol–water partition coefficient (Wildman–Crippen LogP) is 2.98. The normalized spacial score (nSPS) is 15.8. The lowest BCUT2D eigenvalue weighted by molar-refractivity contribution is -0.121. The minimum Gasteiger partial charge on any atom is -0.497 e. The van der Waals surface area contributed by atoms with Crippen molar-refractivity contribution in [1.29, 1.82) is 0 Å². The summed E-state index contributed by atoms with van der Waals surface area (Å²) in [5.41, 5.74) is 2.43. The van der Waals surface area contributed by atoms with E-state index in [4.69, 9.17) is 9.47 Å². The lowest BCUT2D eigenvalue weighted by atomic mass is 9.96. The molecule has 0 bridgehead atoms. The number of methoxy groups -OCH3 is 2. The highest BCUT2D eigenvalue weighted by Gasteiger charge is 2.30. The largest absolute Gasteiger partial charge is 0.497 e. The highest BCUT2D eigenvalue weighted by atomic mass is 16.5. The van der Waals surface area contributed by atoms with Crippen molar-refractivity contribution in [3.8, 4) is 22.8 Å². The van der Waals surface area contributed by atoms with E-state index in [1.807, 2.05) is 12.1 Å². The smallest absolute Gasteiger partial charge is 0.271 e. The number of likely N-dealkylation sites (tertiary alicyclic amines) is 1. The van der Waals surface area contributed by atoms with Crippen molar-refractivity contribution in [2.24, 2.45) is 5.92 Å². The number of hydrogen-bond acceptors (Lipinski definition) is 6. The molecule has 0 spiro atoms. The third-order valence-electron chi connectivity index (χ3n) is 5.51. The van der Waals surface area contributed by atoms with Gasteiger partial charge in [0.05, 0.1) is 31.5 Å². The topological polar surface area (TPSA) is 109 Å². The van der Waals surface area contributed by atoms with Crippen molar-refractivity contribution in [2.45, 2.75) is 12.8 Å². The number of hydrogen-bond donors (Lipinski definition) is 2. The minimum atomic E-state index is -0.319. The molecule has 1 saturated heterocycles. The number of aromatic nitrogens is 3. The van der Waals surface area contributed by atoms with Crippen LogP contribution >= 0.6 is 0 Å². The average Bonchev–Trinajstić information content (AvgIpc) is 3.35. The zero-order valence-corrected chi connectivity index (χ0v) is 18.0. The number of piperidine rings is 1. The molecule has 3 aromatic rings. The summed E-state index contributed by atoms with van der Waals surface area (Å²) in [5.74, 6) is 0.514. The molecule has 9 nitrogen and oxygen atoms in total. The first-order chi connectivity index (χ1) is 15.6. The number of pyridine rings is 1. The highest BCUT2D eigenvalue weighted by molar-refractivity contribution is 5.96. The number of aromatic amines is 1. The van der Waals surface area contributed by atoms with Gasteiger partial charge < -0.3 is 19.7 Å². The van der Waals surface area contributed by atoms with Gasteiger partial charge in [-0.25, -0.2) is 0 Å². The summed E-state index contributed by atoms with van der Waals surface area (Å²) < 4.78 is 10.6. The summed E-state index contributed by atoms with van der Waals surface area (Å²) >= 11 is 0. The van der Waals surface area contributed by atoms with Gasteiger partial charge in [0.1, 0.15) is 17.2 Å². The number of H-pyrrole nitrogens is 1. The van der Waals surface area contributed by atoms with Crippen LogP contribution in [0.3, 0.4) is 0 Å². The van der Waals surface area contributed by atoms with Crippen LogP contribution < -0.4 is 14.8 Å². The molecule has 2 amide bonds. The molecular formula is C23H25N5O4. The van der Waals surface area contributed by atoms with E-state index in [1.54, 1.807) is 48.7 Å². The Morgan fingerprint density at radius 2 is 2.06 bits per heavy atom. The molecule has 2 aromatic heterocycles. The van der Waals surface area contributed by atoms with Crippen LogP contribution in [0.15, 0.2) is 48.8 Å². The SMILES string of the molecule is COc1ccc(NC(=O)[C@H]2CCCN(C(=O)c3cc(-c4cccnc4)n[nH]3)C2)c(OC)c1. The Labute approximate surface area is 185 Å². The van der Waals surface area contributed by atoms with Crippen LogP contribution in [0.2, 0.25) is 0 Å². The van der Waals surface area contributed by atoms with E-state index in [0.717, 1.165) is 12.0 Å². The van der Waals surface area contributed by atoms with Crippen LogP contribution in [-0.2, 0) is 4.79 Å². The molecule has 0 aliphatic carbocycles. The first-order valence-electron chi connectivity index (χ1n) is 10.4. The van der Waals surface area contributed by atoms with Gasteiger partial charge in [-0.05, 0) is 43.2 Å². The lowest BCUT2D eigenvalue weighted by Crippen LogP contribution is -2.43. The Bertz CT molecular complexity index is 1100. The first-order valence-corrected chi connectivity index (χ1v) is 10.4. The molecule has 1 aromatic carbocycles. The number of nitrogens with one attached hydrogen (secondary N) is 2. The van der Waals surface area contributed by atoms with E-state index in [1.165, 1.54) is 7.11 Å². The summed E-state index contributed by atoms with van der Waals surface area (Å²) in [4.78, 5) is 31.7. The fourth-order valence-electron chi connectivity index (χ4n) is 3.78. The van der Waals surface area contributed by atoms with Crippen LogP contribution in [0.4, 0.5) is 5.69 Å². The van der Waals surface area contributed by atoms with Gasteiger partial charge >= 0.3 is 0 Å². The van der Waals surface area contributed by atoms with Crippen LogP contribution in [0.25, 0.3) is 11.3 Å². The fourth-order valence-corrected chi connectivity index (χ4v) is 3.78. The average molecular weight is 435 g/mol. The summed E-state index contributed by atoms with van der Waals surface area (Å²) in [5, 5.41) is 9.97. The second-order valence-electron chi connectivity index (χ2n) is 7.55. The highest BCUT2D eigenvalue weighted by Crippen LogP contribution is 2.30. The van der Waals surface area contributed by atoms with Gasteiger partial charge in [-0.15, -0.1) is 0 Å². The number of rotatable bonds is 6. The molecule has 0 radical (unpaired) electrons. The zero-order valence-electron chi connectivity index (χ0n) is 18.0. The van der Waals surface area contributed by atoms with E-state index in [-0.39, 0.29) is 17.7 Å². The number of anilines is 1. The molecule has 1 aliphatic rings. The van der Waals surface area contributed by atoms with Gasteiger partial charge in [0, 0.05) is 37.1 Å². The summed E-state index contributed by atoms with van der Waals surface area (Å²) in [6, 6.07) is 10.6. The molecule has 0 unspecified atom stereocenters. The van der Waals surface area contributed by atoms with Gasteiger partial charge in [-0.1, -0.05) is 0 Å². The Hall–Kier alpha value is -3.88. The van der Waals surface area contributed by atoms with Crippen molar-refractivity contribution in [3.05, 3.63) is 54.5 Å². The standard InChI is InChI=1S/C23H25N5O4/c1-31-17-7-8-18(21(11-17)32-2)25-22(29)16-6-4-10-28(14-16)23(30)20-12-19(26-27-20)15-5-3-9-24-13-15/h3,5,7-9,11-13,16H,4,6,10,14H2,1-2H3,(H,25,29)(H,26,27)/t16-/m0/s1. The van der Waals surface area contributed by atoms with Crippen molar-refractivity contribution >= 4 is 17.5 Å². The van der Waals surface area contributed by atoms with Gasteiger partial charge in [0.25, 0.3) is 5.91 Å². The Morgan fingerprint density at radius 1 is 1.19 bits per heavy atom. The number of carbonyl (C=O) groups excluding carboxylic acids is 2. The molecule has 4 rings (SSSR count). The van der Waals surface area contributed by atoms with E-state index in [2.05, 4.69) is 20.5 Å². The van der Waals surface area contributed by atoms with E-state index >= 15 is 0 Å². The molecule has 2 N–H and O–H groups in total. The summed E-state index contributed by atoms with van der Waals surface area (Å²) in [6.45, 7) is 0.931. The first kappa shape index (κ1) is 21.4. The molecule has 32 heavy (non-hydrogen) atoms. The molecular weight excluding hydrogens is 410 g/mol. The minimum absolute atomic E-state index is 0.147. The van der Waals surface area contributed by atoms with Crippen molar-refractivity contribution < 1.29 is 19.1 Å². The molecule has 3 heterocycles. The van der Waals surface area contributed by atoms with E-state index < -0.39 is 0 Å². The number of benzene rings is 1. The van der Waals surface area contributed by atoms with Gasteiger partial charge in [-0.3, -0.25) is 19.7 Å². The predicted molar refractivity (Wildman–Crippen MR) is 119 cm³/mol. The van der Waals surface area contributed by atoms with E-state index in [9.17, 15) is 9.59 Å². The molecule has 1 aliphatic heterocycles. The van der Waals surface area contributed by atoms with Gasteiger partial charge in [0.2, 0.25) is 5.91 Å². The summed E-state index contributed by atoms with van der Waals surface area (Å²) in [7, 11) is 3.11. The van der Waals surface area contributed by atoms with Gasteiger partial charge in [-0.2, -0.15) is 5.10 Å². The van der Waals surface area contributed by atoms with E-state index in [0.29, 0.717) is 48.1 Å². The van der Waals surface area contributed by atoms with Crippen LogP contribution in [0.5, 0.6) is 11.5 Å². The number of ether oxygens (including phenoxy) is 2. The quantitative estimate of drug-likeness (QED) is 0.616. The van der Waals surface area contributed by atoms with Crippen LogP contribution in [0, 0.1) is 5.92 Å². The van der Waals surface area contributed by atoms with Crippen molar-refractivity contribution in [1.82, 2.24) is 20.1 Å². The molecule has 1 fully saturated rings. The molecule has 166 valence electrons. The van der Waals surface area contributed by atoms with Crippen LogP contribution in [0.1, 0.15) is 23.3 Å². The van der Waals surface area contributed by atoms with Gasteiger partial charge in [0.15, 0.2) is 0 Å². The van der Waals surface area contributed by atoms with Crippen LogP contribution in [-0.4, -0.2) is 59.2 Å². The third kappa shape index (κ3) is 4.56. The maximum Gasteiger partial charge on any atom is 0.271 e. The number of carbonyl (C=O) groups is 2. The fraction of sp³-hybridized carbons (Fsp3) is 0.304. The molecule has 0 saturated carbocycles. The maximum absolute atomic E-state index is 13.0. The Morgan fingerprint density at radius 3 is 2.81 bits per heavy atom.